The molecule has 0 aromatic heterocycles. The van der Waals surface area contributed by atoms with Crippen LogP contribution >= 0.6 is 0 Å². The SMILES string of the molecule is OC(c1ccccc1)C12OC=CC1C1(CCCCC1)O2. The van der Waals surface area contributed by atoms with Crippen LogP contribution in [0.15, 0.2) is 42.7 Å². The summed E-state index contributed by atoms with van der Waals surface area (Å²) in [5.41, 5.74) is 0.757. The van der Waals surface area contributed by atoms with Gasteiger partial charge in [-0.2, -0.15) is 0 Å². The van der Waals surface area contributed by atoms with Crippen LogP contribution in [0.25, 0.3) is 0 Å². The van der Waals surface area contributed by atoms with E-state index in [1.807, 2.05) is 30.3 Å². The smallest absolute Gasteiger partial charge is 0.249 e. The van der Waals surface area contributed by atoms with Gasteiger partial charge in [-0.3, -0.25) is 0 Å². The number of fused-ring (bicyclic) bond motifs is 2. The van der Waals surface area contributed by atoms with E-state index in [0.29, 0.717) is 0 Å². The molecule has 0 radical (unpaired) electrons. The molecule has 1 N–H and O–H groups in total. The summed E-state index contributed by atoms with van der Waals surface area (Å²) in [6.45, 7) is 0. The predicted molar refractivity (Wildman–Crippen MR) is 74.7 cm³/mol. The molecule has 1 aromatic rings. The van der Waals surface area contributed by atoms with Gasteiger partial charge in [-0.25, -0.2) is 0 Å². The third-order valence-corrected chi connectivity index (χ3v) is 5.08. The number of ether oxygens (including phenoxy) is 2. The van der Waals surface area contributed by atoms with E-state index in [9.17, 15) is 5.11 Å². The fourth-order valence-electron chi connectivity index (χ4n) is 4.11. The first-order chi connectivity index (χ1) is 9.77. The molecule has 2 heterocycles. The van der Waals surface area contributed by atoms with Gasteiger partial charge in [0.1, 0.15) is 6.10 Å². The number of benzene rings is 1. The van der Waals surface area contributed by atoms with Gasteiger partial charge in [0.2, 0.25) is 5.79 Å². The molecule has 4 rings (SSSR count). The minimum atomic E-state index is -0.890. The summed E-state index contributed by atoms with van der Waals surface area (Å²) in [7, 11) is 0. The monoisotopic (exact) mass is 272 g/mol. The van der Waals surface area contributed by atoms with Crippen molar-refractivity contribution in [1.29, 1.82) is 0 Å². The lowest BCUT2D eigenvalue weighted by molar-refractivity contribution is -0.424. The lowest BCUT2D eigenvalue weighted by Gasteiger charge is -2.60. The van der Waals surface area contributed by atoms with Crippen molar-refractivity contribution in [3.8, 4) is 0 Å². The maximum absolute atomic E-state index is 10.7. The van der Waals surface area contributed by atoms with Gasteiger partial charge < -0.3 is 14.6 Å². The Kier molecular flexibility index (Phi) is 2.69. The molecule has 1 aliphatic carbocycles. The number of hydrogen-bond acceptors (Lipinski definition) is 3. The van der Waals surface area contributed by atoms with Crippen LogP contribution in [0.5, 0.6) is 0 Å². The molecule has 1 spiro atoms. The van der Waals surface area contributed by atoms with Gasteiger partial charge in [0.25, 0.3) is 0 Å². The van der Waals surface area contributed by atoms with Crippen LogP contribution < -0.4 is 0 Å². The molecule has 1 saturated carbocycles. The lowest BCUT2D eigenvalue weighted by atomic mass is 9.65. The molecule has 0 bridgehead atoms. The predicted octanol–water partition coefficient (Wildman–Crippen LogP) is 3.31. The van der Waals surface area contributed by atoms with E-state index in [2.05, 4.69) is 6.08 Å². The molecule has 3 aliphatic rings. The highest BCUT2D eigenvalue weighted by atomic mass is 16.7. The lowest BCUT2D eigenvalue weighted by Crippen LogP contribution is -2.69. The molecule has 3 nitrogen and oxygen atoms in total. The summed E-state index contributed by atoms with van der Waals surface area (Å²) in [4.78, 5) is 0. The van der Waals surface area contributed by atoms with Crippen molar-refractivity contribution < 1.29 is 14.6 Å². The van der Waals surface area contributed by atoms with Crippen molar-refractivity contribution in [2.75, 3.05) is 0 Å². The van der Waals surface area contributed by atoms with Gasteiger partial charge >= 0.3 is 0 Å². The molecule has 20 heavy (non-hydrogen) atoms. The van der Waals surface area contributed by atoms with Crippen LogP contribution in [-0.4, -0.2) is 16.5 Å². The molecule has 1 saturated heterocycles. The Morgan fingerprint density at radius 3 is 2.60 bits per heavy atom. The zero-order valence-electron chi connectivity index (χ0n) is 11.5. The molecule has 2 aliphatic heterocycles. The molecule has 3 heteroatoms. The van der Waals surface area contributed by atoms with Gasteiger partial charge in [-0.1, -0.05) is 49.6 Å². The average molecular weight is 272 g/mol. The van der Waals surface area contributed by atoms with Crippen molar-refractivity contribution in [3.63, 3.8) is 0 Å². The topological polar surface area (TPSA) is 38.7 Å². The fourth-order valence-corrected chi connectivity index (χ4v) is 4.11. The highest BCUT2D eigenvalue weighted by Gasteiger charge is 2.70. The summed E-state index contributed by atoms with van der Waals surface area (Å²) in [5, 5.41) is 10.7. The number of aliphatic hydroxyl groups excluding tert-OH is 1. The summed E-state index contributed by atoms with van der Waals surface area (Å²) in [5.74, 6) is -0.718. The number of hydrogen-bond donors (Lipinski definition) is 1. The molecule has 3 unspecified atom stereocenters. The van der Waals surface area contributed by atoms with E-state index in [-0.39, 0.29) is 11.5 Å². The van der Waals surface area contributed by atoms with Crippen LogP contribution in [0, 0.1) is 5.92 Å². The van der Waals surface area contributed by atoms with Crippen molar-refractivity contribution in [2.24, 2.45) is 5.92 Å². The third-order valence-electron chi connectivity index (χ3n) is 5.08. The van der Waals surface area contributed by atoms with Crippen LogP contribution in [0.4, 0.5) is 0 Å². The summed E-state index contributed by atoms with van der Waals surface area (Å²) in [6.07, 6.45) is 8.92. The molecular weight excluding hydrogens is 252 g/mol. The molecular formula is C17H20O3. The maximum Gasteiger partial charge on any atom is 0.249 e. The average Bonchev–Trinajstić information content (AvgIpc) is 2.87. The quantitative estimate of drug-likeness (QED) is 0.897. The van der Waals surface area contributed by atoms with E-state index in [1.54, 1.807) is 6.26 Å². The maximum atomic E-state index is 10.7. The zero-order valence-corrected chi connectivity index (χ0v) is 11.5. The Morgan fingerprint density at radius 2 is 1.85 bits per heavy atom. The first-order valence-corrected chi connectivity index (χ1v) is 7.55. The third kappa shape index (κ3) is 1.54. The first kappa shape index (κ1) is 12.4. The van der Waals surface area contributed by atoms with Gasteiger partial charge in [-0.15, -0.1) is 0 Å². The van der Waals surface area contributed by atoms with Crippen LogP contribution in [0.3, 0.4) is 0 Å². The minimum Gasteiger partial charge on any atom is -0.466 e. The minimum absolute atomic E-state index is 0.0962. The van der Waals surface area contributed by atoms with Crippen LogP contribution in [0.1, 0.15) is 43.8 Å². The van der Waals surface area contributed by atoms with Gasteiger partial charge in [0.15, 0.2) is 0 Å². The molecule has 0 amide bonds. The van der Waals surface area contributed by atoms with Crippen molar-refractivity contribution >= 4 is 0 Å². The van der Waals surface area contributed by atoms with Crippen molar-refractivity contribution in [3.05, 3.63) is 48.2 Å². The van der Waals surface area contributed by atoms with E-state index in [1.165, 1.54) is 19.3 Å². The van der Waals surface area contributed by atoms with Crippen LogP contribution in [-0.2, 0) is 9.47 Å². The Hall–Kier alpha value is -1.32. The van der Waals surface area contributed by atoms with E-state index >= 15 is 0 Å². The Balaban J connectivity index is 1.63. The summed E-state index contributed by atoms with van der Waals surface area (Å²) in [6, 6.07) is 9.66. The number of rotatable bonds is 2. The van der Waals surface area contributed by atoms with E-state index in [4.69, 9.17) is 9.47 Å². The molecule has 1 aromatic carbocycles. The second-order valence-electron chi connectivity index (χ2n) is 6.19. The van der Waals surface area contributed by atoms with Crippen LogP contribution in [0.2, 0.25) is 0 Å². The van der Waals surface area contributed by atoms with Gasteiger partial charge in [0.05, 0.1) is 17.8 Å². The largest absolute Gasteiger partial charge is 0.466 e. The standard InChI is InChI=1S/C17H20O3/c18-15(13-7-3-1-4-8-13)17-14(9-12-19-17)16(20-17)10-5-2-6-11-16/h1,3-4,7-9,12,14-15,18H,2,5-6,10-11H2. The Labute approximate surface area is 119 Å². The Bertz CT molecular complexity index is 518. The second-order valence-corrected chi connectivity index (χ2v) is 6.19. The zero-order chi connectivity index (χ0) is 13.6. The fraction of sp³-hybridized carbons (Fsp3) is 0.529. The van der Waals surface area contributed by atoms with Crippen molar-refractivity contribution in [2.45, 2.75) is 49.6 Å². The Morgan fingerprint density at radius 1 is 1.10 bits per heavy atom. The molecule has 106 valence electrons. The highest BCUT2D eigenvalue weighted by molar-refractivity contribution is 5.27. The summed E-state index contributed by atoms with van der Waals surface area (Å²) < 4.78 is 12.0. The first-order valence-electron chi connectivity index (χ1n) is 7.55. The number of aliphatic hydroxyl groups is 1. The van der Waals surface area contributed by atoms with E-state index in [0.717, 1.165) is 18.4 Å². The molecule has 3 atom stereocenters. The summed E-state index contributed by atoms with van der Waals surface area (Å²) >= 11 is 0. The van der Waals surface area contributed by atoms with E-state index < -0.39 is 11.9 Å². The molecule has 2 fully saturated rings. The normalized spacial score (nSPS) is 35.1. The van der Waals surface area contributed by atoms with Crippen molar-refractivity contribution in [1.82, 2.24) is 0 Å². The highest BCUT2D eigenvalue weighted by Crippen LogP contribution is 2.61. The van der Waals surface area contributed by atoms with Gasteiger partial charge in [0, 0.05) is 0 Å². The van der Waals surface area contributed by atoms with Gasteiger partial charge in [-0.05, 0) is 24.5 Å². The second kappa shape index (κ2) is 4.34.